The first-order chi connectivity index (χ1) is 9.52. The van der Waals surface area contributed by atoms with Gasteiger partial charge in [0.25, 0.3) is 0 Å². The van der Waals surface area contributed by atoms with Gasteiger partial charge in [-0.25, -0.2) is 9.59 Å². The molecule has 2 rings (SSSR count). The van der Waals surface area contributed by atoms with Crippen molar-refractivity contribution in [1.29, 1.82) is 0 Å². The smallest absolute Gasteiger partial charge is 0.336 e. The van der Waals surface area contributed by atoms with Crippen LogP contribution in [-0.4, -0.2) is 24.0 Å². The van der Waals surface area contributed by atoms with Gasteiger partial charge in [-0.3, -0.25) is 4.98 Å². The highest BCUT2D eigenvalue weighted by atomic mass is 16.6. The number of hydrogen-bond donors (Lipinski definition) is 0. The number of fused-ring (bicyclic) bond motifs is 1. The van der Waals surface area contributed by atoms with Crippen molar-refractivity contribution in [1.82, 2.24) is 4.98 Å². The van der Waals surface area contributed by atoms with Crippen molar-refractivity contribution in [3.05, 3.63) is 30.1 Å². The SMILES string of the molecule is COC(c1nccc2c1OC(=O)/C=C\C(=O)O2)C(C)C. The summed E-state index contributed by atoms with van der Waals surface area (Å²) in [7, 11) is 1.54. The molecule has 20 heavy (non-hydrogen) atoms. The molecule has 0 fully saturated rings. The fourth-order valence-corrected chi connectivity index (χ4v) is 1.94. The van der Waals surface area contributed by atoms with Crippen molar-refractivity contribution in [2.75, 3.05) is 7.11 Å². The number of carbonyl (C=O) groups is 2. The summed E-state index contributed by atoms with van der Waals surface area (Å²) in [6, 6.07) is 1.47. The Kier molecular flexibility index (Phi) is 4.14. The third kappa shape index (κ3) is 2.85. The summed E-state index contributed by atoms with van der Waals surface area (Å²) < 4.78 is 15.7. The lowest BCUT2D eigenvalue weighted by Crippen LogP contribution is -2.18. The van der Waals surface area contributed by atoms with Crippen LogP contribution in [0.15, 0.2) is 24.4 Å². The lowest BCUT2D eigenvalue weighted by molar-refractivity contribution is -0.133. The molecule has 0 amide bonds. The molecular weight excluding hydrogens is 262 g/mol. The highest BCUT2D eigenvalue weighted by Crippen LogP contribution is 2.38. The summed E-state index contributed by atoms with van der Waals surface area (Å²) >= 11 is 0. The van der Waals surface area contributed by atoms with E-state index in [1.165, 1.54) is 12.3 Å². The van der Waals surface area contributed by atoms with Crippen LogP contribution in [0.25, 0.3) is 0 Å². The van der Waals surface area contributed by atoms with Crippen molar-refractivity contribution in [2.24, 2.45) is 5.92 Å². The summed E-state index contributed by atoms with van der Waals surface area (Å²) in [4.78, 5) is 27.3. The van der Waals surface area contributed by atoms with E-state index in [2.05, 4.69) is 4.98 Å². The zero-order valence-corrected chi connectivity index (χ0v) is 11.5. The predicted octanol–water partition coefficient (Wildman–Crippen LogP) is 1.81. The maximum atomic E-state index is 11.6. The van der Waals surface area contributed by atoms with Gasteiger partial charge in [-0.2, -0.15) is 0 Å². The second-order valence-corrected chi connectivity index (χ2v) is 4.60. The summed E-state index contributed by atoms with van der Waals surface area (Å²) in [5, 5.41) is 0. The molecule has 0 aliphatic carbocycles. The third-order valence-corrected chi connectivity index (χ3v) is 2.79. The molecule has 0 spiro atoms. The molecule has 6 heteroatoms. The number of carbonyl (C=O) groups excluding carboxylic acids is 2. The van der Waals surface area contributed by atoms with Gasteiger partial charge in [0.15, 0.2) is 11.5 Å². The lowest BCUT2D eigenvalue weighted by atomic mass is 10.0. The molecular formula is C14H15NO5. The second-order valence-electron chi connectivity index (χ2n) is 4.60. The first kappa shape index (κ1) is 14.2. The maximum absolute atomic E-state index is 11.6. The van der Waals surface area contributed by atoms with Crippen LogP contribution in [0, 0.1) is 5.92 Å². The van der Waals surface area contributed by atoms with Crippen LogP contribution in [0.3, 0.4) is 0 Å². The van der Waals surface area contributed by atoms with Gasteiger partial charge in [-0.05, 0) is 5.92 Å². The van der Waals surface area contributed by atoms with Gasteiger partial charge in [0.05, 0.1) is 0 Å². The van der Waals surface area contributed by atoms with E-state index < -0.39 is 11.9 Å². The number of pyridine rings is 1. The van der Waals surface area contributed by atoms with Crippen LogP contribution in [0.1, 0.15) is 25.6 Å². The monoisotopic (exact) mass is 277 g/mol. The van der Waals surface area contributed by atoms with Crippen LogP contribution in [0.2, 0.25) is 0 Å². The summed E-state index contributed by atoms with van der Waals surface area (Å²) in [5.41, 5.74) is 0.427. The molecule has 0 saturated heterocycles. The van der Waals surface area contributed by atoms with Gasteiger partial charge in [-0.1, -0.05) is 13.8 Å². The van der Waals surface area contributed by atoms with E-state index in [1.807, 2.05) is 13.8 Å². The summed E-state index contributed by atoms with van der Waals surface area (Å²) in [6.45, 7) is 3.90. The third-order valence-electron chi connectivity index (χ3n) is 2.79. The Morgan fingerprint density at radius 2 is 1.80 bits per heavy atom. The molecule has 0 bridgehead atoms. The highest BCUT2D eigenvalue weighted by Gasteiger charge is 2.27. The Balaban J connectivity index is 2.52. The molecule has 0 N–H and O–H groups in total. The zero-order valence-electron chi connectivity index (χ0n) is 11.5. The number of ether oxygens (including phenoxy) is 3. The Morgan fingerprint density at radius 1 is 1.15 bits per heavy atom. The Hall–Kier alpha value is -2.21. The van der Waals surface area contributed by atoms with Crippen LogP contribution in [0.5, 0.6) is 11.5 Å². The lowest BCUT2D eigenvalue weighted by Gasteiger charge is -2.22. The number of rotatable bonds is 3. The molecule has 106 valence electrons. The molecule has 1 aromatic heterocycles. The van der Waals surface area contributed by atoms with Crippen LogP contribution >= 0.6 is 0 Å². The van der Waals surface area contributed by atoms with Gasteiger partial charge >= 0.3 is 11.9 Å². The van der Waals surface area contributed by atoms with Gasteiger partial charge in [0.2, 0.25) is 0 Å². The topological polar surface area (TPSA) is 74.7 Å². The Morgan fingerprint density at radius 3 is 2.40 bits per heavy atom. The molecule has 1 aliphatic rings. The van der Waals surface area contributed by atoms with E-state index in [1.54, 1.807) is 7.11 Å². The molecule has 0 radical (unpaired) electrons. The average Bonchev–Trinajstić information content (AvgIpc) is 2.38. The molecule has 1 atom stereocenters. The van der Waals surface area contributed by atoms with Crippen LogP contribution < -0.4 is 9.47 Å². The van der Waals surface area contributed by atoms with E-state index in [9.17, 15) is 9.59 Å². The molecule has 6 nitrogen and oxygen atoms in total. The number of aromatic nitrogens is 1. The maximum Gasteiger partial charge on any atom is 0.336 e. The minimum Gasteiger partial charge on any atom is -0.419 e. The number of nitrogens with zero attached hydrogens (tertiary/aromatic N) is 1. The summed E-state index contributed by atoms with van der Waals surface area (Å²) in [5.74, 6) is -0.917. The van der Waals surface area contributed by atoms with Crippen molar-refractivity contribution >= 4 is 11.9 Å². The predicted molar refractivity (Wildman–Crippen MR) is 69.2 cm³/mol. The van der Waals surface area contributed by atoms with Crippen molar-refractivity contribution < 1.29 is 23.8 Å². The molecule has 2 heterocycles. The fraction of sp³-hybridized carbons (Fsp3) is 0.357. The normalized spacial score (nSPS) is 17.6. The van der Waals surface area contributed by atoms with Crippen LogP contribution in [0.4, 0.5) is 0 Å². The molecule has 0 saturated carbocycles. The van der Waals surface area contributed by atoms with Crippen molar-refractivity contribution in [3.63, 3.8) is 0 Å². The minimum absolute atomic E-state index is 0.106. The van der Waals surface area contributed by atoms with E-state index >= 15 is 0 Å². The molecule has 0 aromatic carbocycles. The van der Waals surface area contributed by atoms with Crippen molar-refractivity contribution in [2.45, 2.75) is 20.0 Å². The molecule has 1 aliphatic heterocycles. The van der Waals surface area contributed by atoms with Gasteiger partial charge in [0, 0.05) is 31.5 Å². The first-order valence-electron chi connectivity index (χ1n) is 6.16. The van der Waals surface area contributed by atoms with Gasteiger partial charge < -0.3 is 14.2 Å². The van der Waals surface area contributed by atoms with E-state index in [0.29, 0.717) is 5.69 Å². The first-order valence-corrected chi connectivity index (χ1v) is 6.16. The second kappa shape index (κ2) is 5.83. The van der Waals surface area contributed by atoms with E-state index in [-0.39, 0.29) is 23.5 Å². The average molecular weight is 277 g/mol. The largest absolute Gasteiger partial charge is 0.419 e. The standard InChI is InChI=1S/C14H15NO5/c1-8(2)13(18-3)12-14-9(6-7-15-12)19-10(16)4-5-11(17)20-14/h4-8,13H,1-3H3/b5-4-. The zero-order chi connectivity index (χ0) is 14.7. The van der Waals surface area contributed by atoms with Crippen LogP contribution in [-0.2, 0) is 14.3 Å². The number of hydrogen-bond acceptors (Lipinski definition) is 6. The minimum atomic E-state index is -0.657. The number of methoxy groups -OCH3 is 1. The fourth-order valence-electron chi connectivity index (χ4n) is 1.94. The van der Waals surface area contributed by atoms with Gasteiger partial charge in [-0.15, -0.1) is 0 Å². The van der Waals surface area contributed by atoms with Crippen molar-refractivity contribution in [3.8, 4) is 11.5 Å². The Labute approximate surface area is 116 Å². The molecule has 1 aromatic rings. The van der Waals surface area contributed by atoms with Gasteiger partial charge in [0.1, 0.15) is 11.8 Å². The number of esters is 2. The quantitative estimate of drug-likeness (QED) is 0.784. The summed E-state index contributed by atoms with van der Waals surface area (Å²) in [6.07, 6.45) is 3.13. The molecule has 1 unspecified atom stereocenters. The Bertz CT molecular complexity index is 565. The van der Waals surface area contributed by atoms with E-state index in [0.717, 1.165) is 12.2 Å². The highest BCUT2D eigenvalue weighted by molar-refractivity contribution is 5.95. The van der Waals surface area contributed by atoms with E-state index in [4.69, 9.17) is 14.2 Å².